The summed E-state index contributed by atoms with van der Waals surface area (Å²) in [6.45, 7) is 4.63. The van der Waals surface area contributed by atoms with Crippen molar-refractivity contribution >= 4 is 33.3 Å². The van der Waals surface area contributed by atoms with Gasteiger partial charge in [-0.2, -0.15) is 0 Å². The van der Waals surface area contributed by atoms with E-state index >= 15 is 0 Å². The van der Waals surface area contributed by atoms with Crippen LogP contribution >= 0.6 is 11.3 Å². The number of amides is 1. The molecule has 1 amide bonds. The quantitative estimate of drug-likeness (QED) is 0.890. The van der Waals surface area contributed by atoms with Crippen LogP contribution < -0.4 is 5.32 Å². The summed E-state index contributed by atoms with van der Waals surface area (Å²) in [6.07, 6.45) is 0.109. The molecule has 5 heteroatoms. The molecule has 2 aromatic rings. The lowest BCUT2D eigenvalue weighted by molar-refractivity contribution is -0.120. The van der Waals surface area contributed by atoms with Crippen LogP contribution in [0.2, 0.25) is 0 Å². The zero-order chi connectivity index (χ0) is 14.7. The summed E-state index contributed by atoms with van der Waals surface area (Å²) < 4.78 is 0.900. The lowest BCUT2D eigenvalue weighted by Crippen LogP contribution is -2.29. The van der Waals surface area contributed by atoms with Crippen LogP contribution in [0.1, 0.15) is 29.1 Å². The van der Waals surface area contributed by atoms with Crippen LogP contribution in [0.3, 0.4) is 0 Å². The molecule has 0 bridgehead atoms. The second-order valence-electron chi connectivity index (χ2n) is 5.09. The topological polar surface area (TPSA) is 66.4 Å². The second kappa shape index (κ2) is 6.05. The molecule has 0 aliphatic rings. The second-order valence-corrected chi connectivity index (χ2v) is 6.14. The molecule has 0 saturated heterocycles. The van der Waals surface area contributed by atoms with Gasteiger partial charge < -0.3 is 10.4 Å². The highest BCUT2D eigenvalue weighted by Crippen LogP contribution is 2.31. The molecule has 2 rings (SSSR count). The van der Waals surface area contributed by atoms with Gasteiger partial charge >= 0.3 is 5.97 Å². The minimum Gasteiger partial charge on any atom is -0.477 e. The molecule has 0 unspecified atom stereocenters. The fourth-order valence-electron chi connectivity index (χ4n) is 1.99. The number of carbonyl (C=O) groups is 2. The van der Waals surface area contributed by atoms with Crippen LogP contribution in [-0.4, -0.2) is 23.5 Å². The van der Waals surface area contributed by atoms with Crippen molar-refractivity contribution in [3.63, 3.8) is 0 Å². The van der Waals surface area contributed by atoms with Gasteiger partial charge in [-0.3, -0.25) is 4.79 Å². The molecule has 0 fully saturated rings. The number of benzene rings is 1. The minimum absolute atomic E-state index is 0.109. The predicted octanol–water partition coefficient (Wildman–Crippen LogP) is 2.91. The van der Waals surface area contributed by atoms with Crippen LogP contribution in [0.5, 0.6) is 0 Å². The third-order valence-corrected chi connectivity index (χ3v) is 4.14. The zero-order valence-electron chi connectivity index (χ0n) is 11.5. The average molecular weight is 291 g/mol. The van der Waals surface area contributed by atoms with E-state index in [2.05, 4.69) is 5.32 Å². The Labute approximate surface area is 121 Å². The maximum atomic E-state index is 11.9. The van der Waals surface area contributed by atoms with E-state index in [-0.39, 0.29) is 17.2 Å². The van der Waals surface area contributed by atoms with Gasteiger partial charge in [-0.1, -0.05) is 32.0 Å². The average Bonchev–Trinajstić information content (AvgIpc) is 2.76. The van der Waals surface area contributed by atoms with Crippen LogP contribution in [0.15, 0.2) is 24.3 Å². The molecule has 0 saturated carbocycles. The van der Waals surface area contributed by atoms with Gasteiger partial charge in [0, 0.05) is 11.2 Å². The standard InChI is InChI=1S/C15H17NO3S/c1-9(2)8-16-13(17)7-11-10-5-3-4-6-12(10)20-14(11)15(18)19/h3-6,9H,7-8H2,1-2H3,(H,16,17)(H,18,19). The van der Waals surface area contributed by atoms with E-state index in [0.717, 1.165) is 10.1 Å². The Hall–Kier alpha value is -1.88. The molecule has 0 atom stereocenters. The third kappa shape index (κ3) is 3.17. The highest BCUT2D eigenvalue weighted by atomic mass is 32.1. The monoisotopic (exact) mass is 291 g/mol. The molecule has 106 valence electrons. The molecule has 0 aliphatic heterocycles. The molecule has 4 nitrogen and oxygen atoms in total. The molecule has 0 radical (unpaired) electrons. The summed E-state index contributed by atoms with van der Waals surface area (Å²) in [6, 6.07) is 7.47. The molecule has 0 aliphatic carbocycles. The van der Waals surface area contributed by atoms with Crippen molar-refractivity contribution in [1.29, 1.82) is 0 Å². The molecule has 2 N–H and O–H groups in total. The largest absolute Gasteiger partial charge is 0.477 e. The number of aromatic carboxylic acids is 1. The first-order valence-electron chi connectivity index (χ1n) is 6.49. The maximum absolute atomic E-state index is 11.9. The fraction of sp³-hybridized carbons (Fsp3) is 0.333. The van der Waals surface area contributed by atoms with Gasteiger partial charge in [-0.15, -0.1) is 11.3 Å². The van der Waals surface area contributed by atoms with Gasteiger partial charge in [0.05, 0.1) is 6.42 Å². The van der Waals surface area contributed by atoms with Crippen molar-refractivity contribution in [3.05, 3.63) is 34.7 Å². The molecule has 1 heterocycles. The third-order valence-electron chi connectivity index (χ3n) is 2.94. The zero-order valence-corrected chi connectivity index (χ0v) is 12.3. The summed E-state index contributed by atoms with van der Waals surface area (Å²) in [5.74, 6) is -0.736. The van der Waals surface area contributed by atoms with Gasteiger partial charge in [-0.25, -0.2) is 4.79 Å². The Morgan fingerprint density at radius 1 is 1.30 bits per heavy atom. The van der Waals surface area contributed by atoms with Gasteiger partial charge in [0.15, 0.2) is 0 Å². The van der Waals surface area contributed by atoms with Crippen molar-refractivity contribution in [2.45, 2.75) is 20.3 Å². The lowest BCUT2D eigenvalue weighted by atomic mass is 10.1. The van der Waals surface area contributed by atoms with Gasteiger partial charge in [-0.05, 0) is 22.9 Å². The smallest absolute Gasteiger partial charge is 0.346 e. The number of carboxylic acids is 1. The number of fused-ring (bicyclic) bond motifs is 1. The Balaban J connectivity index is 2.30. The van der Waals surface area contributed by atoms with E-state index in [1.165, 1.54) is 11.3 Å². The first-order valence-corrected chi connectivity index (χ1v) is 7.31. The van der Waals surface area contributed by atoms with Gasteiger partial charge in [0.1, 0.15) is 4.88 Å². The van der Waals surface area contributed by atoms with E-state index in [1.54, 1.807) is 0 Å². The lowest BCUT2D eigenvalue weighted by Gasteiger charge is -2.07. The number of hydrogen-bond acceptors (Lipinski definition) is 3. The summed E-state index contributed by atoms with van der Waals surface area (Å²) in [7, 11) is 0. The highest BCUT2D eigenvalue weighted by molar-refractivity contribution is 7.21. The Morgan fingerprint density at radius 3 is 2.65 bits per heavy atom. The van der Waals surface area contributed by atoms with Gasteiger partial charge in [0.25, 0.3) is 0 Å². The Morgan fingerprint density at radius 2 is 2.00 bits per heavy atom. The predicted molar refractivity (Wildman–Crippen MR) is 80.3 cm³/mol. The van der Waals surface area contributed by atoms with Crippen LogP contribution in [0.4, 0.5) is 0 Å². The summed E-state index contributed by atoms with van der Waals surface area (Å²) in [5.41, 5.74) is 0.611. The molecule has 1 aromatic heterocycles. The SMILES string of the molecule is CC(C)CNC(=O)Cc1c(C(=O)O)sc2ccccc12. The number of rotatable bonds is 5. The summed E-state index contributed by atoms with van der Waals surface area (Å²) >= 11 is 1.22. The summed E-state index contributed by atoms with van der Waals surface area (Å²) in [4.78, 5) is 23.5. The molecule has 1 aromatic carbocycles. The van der Waals surface area contributed by atoms with Crippen molar-refractivity contribution in [1.82, 2.24) is 5.32 Å². The van der Waals surface area contributed by atoms with E-state index in [0.29, 0.717) is 18.0 Å². The molecule has 20 heavy (non-hydrogen) atoms. The molecule has 0 spiro atoms. The van der Waals surface area contributed by atoms with E-state index in [1.807, 2.05) is 38.1 Å². The first-order chi connectivity index (χ1) is 9.49. The van der Waals surface area contributed by atoms with Crippen molar-refractivity contribution in [3.8, 4) is 0 Å². The maximum Gasteiger partial charge on any atom is 0.346 e. The number of thiophene rings is 1. The fourth-order valence-corrected chi connectivity index (χ4v) is 3.05. The van der Waals surface area contributed by atoms with E-state index < -0.39 is 5.97 Å². The van der Waals surface area contributed by atoms with Crippen molar-refractivity contribution in [2.24, 2.45) is 5.92 Å². The minimum atomic E-state index is -0.974. The van der Waals surface area contributed by atoms with Gasteiger partial charge in [0.2, 0.25) is 5.91 Å². The van der Waals surface area contributed by atoms with Crippen LogP contribution in [0.25, 0.3) is 10.1 Å². The number of hydrogen-bond donors (Lipinski definition) is 2. The number of nitrogens with one attached hydrogen (secondary N) is 1. The summed E-state index contributed by atoms with van der Waals surface area (Å²) in [5, 5.41) is 13.0. The highest BCUT2D eigenvalue weighted by Gasteiger charge is 2.19. The molecular weight excluding hydrogens is 274 g/mol. The Bertz CT molecular complexity index is 646. The Kier molecular flexibility index (Phi) is 4.39. The van der Waals surface area contributed by atoms with E-state index in [9.17, 15) is 14.7 Å². The number of carboxylic acid groups (broad SMARTS) is 1. The van der Waals surface area contributed by atoms with Crippen LogP contribution in [0, 0.1) is 5.92 Å². The molecular formula is C15H17NO3S. The number of carbonyl (C=O) groups excluding carboxylic acids is 1. The first kappa shape index (κ1) is 14.5. The normalized spacial score (nSPS) is 10.9. The van der Waals surface area contributed by atoms with Crippen molar-refractivity contribution < 1.29 is 14.7 Å². The van der Waals surface area contributed by atoms with Crippen molar-refractivity contribution in [2.75, 3.05) is 6.54 Å². The van der Waals surface area contributed by atoms with E-state index in [4.69, 9.17) is 0 Å². The van der Waals surface area contributed by atoms with Crippen LogP contribution in [-0.2, 0) is 11.2 Å².